The molecule has 0 saturated heterocycles. The normalized spacial score (nSPS) is 11.8. The summed E-state index contributed by atoms with van der Waals surface area (Å²) in [5.41, 5.74) is 0.931. The molecular weight excluding hydrogens is 430 g/mol. The smallest absolute Gasteiger partial charge is 0.408 e. The highest BCUT2D eigenvalue weighted by Crippen LogP contribution is 2.32. The Morgan fingerprint density at radius 2 is 1.97 bits per heavy atom. The molecule has 32 heavy (non-hydrogen) atoms. The van der Waals surface area contributed by atoms with E-state index in [0.717, 1.165) is 24.8 Å². The van der Waals surface area contributed by atoms with Gasteiger partial charge in [0.15, 0.2) is 0 Å². The number of aromatic nitrogens is 1. The van der Waals surface area contributed by atoms with Crippen molar-refractivity contribution in [3.05, 3.63) is 57.8 Å². The predicted molar refractivity (Wildman–Crippen MR) is 124 cm³/mol. The lowest BCUT2D eigenvalue weighted by Gasteiger charge is -2.12. The molecule has 2 heterocycles. The van der Waals surface area contributed by atoms with Crippen LogP contribution in [0.4, 0.5) is 9.80 Å². The zero-order valence-corrected chi connectivity index (χ0v) is 19.2. The molecule has 1 aromatic carbocycles. The number of nitrogens with one attached hydrogen (secondary N) is 2. The number of hydrogen-bond acceptors (Lipinski definition) is 7. The average Bonchev–Trinajstić information content (AvgIpc) is 3.08. The summed E-state index contributed by atoms with van der Waals surface area (Å²) in [6, 6.07) is 8.63. The van der Waals surface area contributed by atoms with E-state index < -0.39 is 17.8 Å². The summed E-state index contributed by atoms with van der Waals surface area (Å²) < 4.78 is 10.6. The molecule has 9 heteroatoms. The first-order valence-electron chi connectivity index (χ1n) is 10.6. The third-order valence-electron chi connectivity index (χ3n) is 4.92. The number of nitrogens with zero attached hydrogens (tertiary/aromatic N) is 1. The maximum absolute atomic E-state index is 12.6. The molecule has 0 aliphatic rings. The molecule has 0 fully saturated rings. The van der Waals surface area contributed by atoms with Gasteiger partial charge in [-0.15, -0.1) is 0 Å². The molecule has 0 bridgehead atoms. The molecule has 0 spiro atoms. The van der Waals surface area contributed by atoms with Crippen molar-refractivity contribution in [2.24, 2.45) is 0 Å². The molecule has 0 unspecified atom stereocenters. The van der Waals surface area contributed by atoms with Crippen LogP contribution in [0.3, 0.4) is 0 Å². The Kier molecular flexibility index (Phi) is 7.99. The maximum atomic E-state index is 12.6. The van der Waals surface area contributed by atoms with Crippen molar-refractivity contribution in [2.75, 3.05) is 5.32 Å². The molecule has 2 aromatic heterocycles. The molecule has 1 atom stereocenters. The highest BCUT2D eigenvalue weighted by atomic mass is 32.1. The quantitative estimate of drug-likeness (QED) is 0.434. The number of alkyl carbamates (subject to hydrolysis) is 1. The Balaban J connectivity index is 1.68. The molecule has 2 N–H and O–H groups in total. The van der Waals surface area contributed by atoms with Gasteiger partial charge in [0.05, 0.1) is 0 Å². The van der Waals surface area contributed by atoms with Gasteiger partial charge < -0.3 is 19.8 Å². The van der Waals surface area contributed by atoms with Crippen molar-refractivity contribution < 1.29 is 18.7 Å². The maximum Gasteiger partial charge on any atom is 0.408 e. The molecule has 0 aliphatic carbocycles. The molecule has 0 aliphatic heterocycles. The second kappa shape index (κ2) is 10.9. The van der Waals surface area contributed by atoms with Gasteiger partial charge in [0.1, 0.15) is 27.9 Å². The van der Waals surface area contributed by atoms with Crippen LogP contribution in [0.25, 0.3) is 10.2 Å². The van der Waals surface area contributed by atoms with E-state index in [1.807, 2.05) is 30.3 Å². The van der Waals surface area contributed by atoms with E-state index in [9.17, 15) is 14.4 Å². The van der Waals surface area contributed by atoms with Crippen LogP contribution in [-0.4, -0.2) is 17.0 Å². The summed E-state index contributed by atoms with van der Waals surface area (Å²) in [6.45, 7) is 5.61. The molecule has 170 valence electrons. The Labute approximate surface area is 190 Å². The van der Waals surface area contributed by atoms with Crippen LogP contribution < -0.4 is 16.3 Å². The average molecular weight is 458 g/mol. The van der Waals surface area contributed by atoms with Gasteiger partial charge in [-0.1, -0.05) is 61.4 Å². The summed E-state index contributed by atoms with van der Waals surface area (Å²) in [5, 5.41) is 6.41. The lowest BCUT2D eigenvalue weighted by Crippen LogP contribution is -2.28. The second-order valence-electron chi connectivity index (χ2n) is 7.51. The topological polar surface area (TPSA) is 111 Å². The number of ether oxygens (including phenoxy) is 1. The highest BCUT2D eigenvalue weighted by molar-refractivity contribution is 7.22. The number of benzene rings is 1. The Morgan fingerprint density at radius 1 is 1.22 bits per heavy atom. The zero-order chi connectivity index (χ0) is 23.1. The van der Waals surface area contributed by atoms with Crippen molar-refractivity contribution in [3.63, 3.8) is 0 Å². The molecule has 0 saturated carbocycles. The van der Waals surface area contributed by atoms with Crippen LogP contribution in [0.15, 0.2) is 39.5 Å². The zero-order valence-electron chi connectivity index (χ0n) is 18.4. The lowest BCUT2D eigenvalue weighted by atomic mass is 10.2. The van der Waals surface area contributed by atoms with Gasteiger partial charge in [-0.3, -0.25) is 4.79 Å². The standard InChI is InChI=1S/C23H27N3O5S/c1-4-5-7-12-17(27)25-20-14(2)18-21(32-20)26-19(31-22(18)28)15(3)24-23(29)30-13-16-10-8-6-9-11-16/h6,8-11,15H,4-5,7,12-13H2,1-3H3,(H,24,29)(H,25,27)/t15-/m0/s1. The van der Waals surface area contributed by atoms with Crippen LogP contribution in [0.1, 0.15) is 62.6 Å². The number of thiophene rings is 1. The monoisotopic (exact) mass is 457 g/mol. The van der Waals surface area contributed by atoms with Crippen LogP contribution in [0, 0.1) is 6.92 Å². The first-order chi connectivity index (χ1) is 15.4. The summed E-state index contributed by atoms with van der Waals surface area (Å²) in [6.07, 6.45) is 2.63. The van der Waals surface area contributed by atoms with E-state index in [1.54, 1.807) is 13.8 Å². The molecule has 3 aromatic rings. The summed E-state index contributed by atoms with van der Waals surface area (Å²) in [5.74, 6) is -0.0184. The van der Waals surface area contributed by atoms with Gasteiger partial charge in [-0.25, -0.2) is 14.6 Å². The minimum Gasteiger partial charge on any atom is -0.445 e. The number of fused-ring (bicyclic) bond motifs is 1. The van der Waals surface area contributed by atoms with E-state index in [1.165, 1.54) is 11.3 Å². The molecule has 3 rings (SSSR count). The number of rotatable bonds is 9. The third-order valence-corrected chi connectivity index (χ3v) is 6.02. The van der Waals surface area contributed by atoms with Gasteiger partial charge >= 0.3 is 11.7 Å². The van der Waals surface area contributed by atoms with E-state index in [2.05, 4.69) is 22.5 Å². The lowest BCUT2D eigenvalue weighted by molar-refractivity contribution is -0.116. The minimum atomic E-state index is -0.676. The molecule has 2 amide bonds. The Bertz CT molecular complexity index is 1140. The number of amides is 2. The van der Waals surface area contributed by atoms with Gasteiger partial charge in [-0.05, 0) is 25.8 Å². The summed E-state index contributed by atoms with van der Waals surface area (Å²) >= 11 is 1.22. The van der Waals surface area contributed by atoms with Crippen molar-refractivity contribution in [3.8, 4) is 0 Å². The first-order valence-corrected chi connectivity index (χ1v) is 11.4. The van der Waals surface area contributed by atoms with Crippen molar-refractivity contribution >= 4 is 38.6 Å². The van der Waals surface area contributed by atoms with Gasteiger partial charge in [0.25, 0.3) is 0 Å². The predicted octanol–water partition coefficient (Wildman–Crippen LogP) is 5.06. The van der Waals surface area contributed by atoms with E-state index in [4.69, 9.17) is 9.15 Å². The van der Waals surface area contributed by atoms with Crippen LogP contribution in [0.2, 0.25) is 0 Å². The van der Waals surface area contributed by atoms with Crippen LogP contribution >= 0.6 is 11.3 Å². The van der Waals surface area contributed by atoms with Crippen molar-refractivity contribution in [1.82, 2.24) is 10.3 Å². The first kappa shape index (κ1) is 23.5. The number of anilines is 1. The van der Waals surface area contributed by atoms with E-state index in [-0.39, 0.29) is 18.4 Å². The van der Waals surface area contributed by atoms with E-state index >= 15 is 0 Å². The molecule has 8 nitrogen and oxygen atoms in total. The summed E-state index contributed by atoms with van der Waals surface area (Å²) in [4.78, 5) is 41.7. The van der Waals surface area contributed by atoms with Crippen LogP contribution in [-0.2, 0) is 16.1 Å². The number of carbonyl (C=O) groups is 2. The summed E-state index contributed by atoms with van der Waals surface area (Å²) in [7, 11) is 0. The molecule has 0 radical (unpaired) electrons. The fourth-order valence-electron chi connectivity index (χ4n) is 3.12. The number of hydrogen-bond donors (Lipinski definition) is 2. The second-order valence-corrected chi connectivity index (χ2v) is 8.51. The fourth-order valence-corrected chi connectivity index (χ4v) is 4.21. The minimum absolute atomic E-state index is 0.0706. The molecular formula is C23H27N3O5S. The number of aryl methyl sites for hydroxylation is 1. The number of unbranched alkanes of at least 4 members (excludes halogenated alkanes) is 2. The highest BCUT2D eigenvalue weighted by Gasteiger charge is 2.21. The van der Waals surface area contributed by atoms with Gasteiger partial charge in [0.2, 0.25) is 11.8 Å². The van der Waals surface area contributed by atoms with Crippen LogP contribution in [0.5, 0.6) is 0 Å². The Hall–Kier alpha value is -3.20. The fraction of sp³-hybridized carbons (Fsp3) is 0.391. The van der Waals surface area contributed by atoms with Gasteiger partial charge in [-0.2, -0.15) is 0 Å². The van der Waals surface area contributed by atoms with Crippen molar-refractivity contribution in [1.29, 1.82) is 0 Å². The Morgan fingerprint density at radius 3 is 2.69 bits per heavy atom. The largest absolute Gasteiger partial charge is 0.445 e. The number of carbonyl (C=O) groups excluding carboxylic acids is 2. The van der Waals surface area contributed by atoms with Crippen molar-refractivity contribution in [2.45, 2.75) is 59.1 Å². The van der Waals surface area contributed by atoms with Gasteiger partial charge in [0, 0.05) is 12.0 Å². The van der Waals surface area contributed by atoms with E-state index in [0.29, 0.717) is 27.2 Å². The SMILES string of the molecule is CCCCCC(=O)Nc1sc2nc([C@H](C)NC(=O)OCc3ccccc3)oc(=O)c2c1C. The third kappa shape index (κ3) is 5.94.